The zero-order chi connectivity index (χ0) is 13.3. The van der Waals surface area contributed by atoms with Crippen LogP contribution < -0.4 is 5.43 Å². The van der Waals surface area contributed by atoms with Crippen molar-refractivity contribution in [3.63, 3.8) is 0 Å². The van der Waals surface area contributed by atoms with Crippen LogP contribution in [0.25, 0.3) is 0 Å². The summed E-state index contributed by atoms with van der Waals surface area (Å²) in [6.45, 7) is 2.10. The second kappa shape index (κ2) is 4.44. The van der Waals surface area contributed by atoms with Gasteiger partial charge in [0.15, 0.2) is 11.3 Å². The molecule has 0 saturated carbocycles. The fraction of sp³-hybridized carbons (Fsp3) is 0.273. The molecule has 2 heterocycles. The first kappa shape index (κ1) is 12.0. The Bertz CT molecular complexity index is 657. The number of pyridine rings is 1. The maximum absolute atomic E-state index is 11.5. The number of carbonyl (C=O) groups is 1. The highest BCUT2D eigenvalue weighted by Gasteiger charge is 2.12. The largest absolute Gasteiger partial charge is 0.477 e. The Morgan fingerprint density at radius 3 is 2.78 bits per heavy atom. The topological polar surface area (TPSA) is 90.0 Å². The Kier molecular flexibility index (Phi) is 2.97. The monoisotopic (exact) mass is 248 g/mol. The lowest BCUT2D eigenvalue weighted by atomic mass is 10.2. The number of aryl methyl sites for hydroxylation is 2. The van der Waals surface area contributed by atoms with Gasteiger partial charge >= 0.3 is 5.97 Å². The van der Waals surface area contributed by atoms with Crippen LogP contribution in [-0.2, 0) is 13.6 Å². The zero-order valence-corrected chi connectivity index (χ0v) is 9.99. The molecule has 0 aliphatic heterocycles. The Balaban J connectivity index is 2.45. The Morgan fingerprint density at radius 1 is 1.50 bits per heavy atom. The van der Waals surface area contributed by atoms with E-state index in [0.29, 0.717) is 18.1 Å². The number of aromatic nitrogens is 4. The summed E-state index contributed by atoms with van der Waals surface area (Å²) in [6, 6.07) is 1.31. The van der Waals surface area contributed by atoms with Gasteiger partial charge in [-0.1, -0.05) is 0 Å². The summed E-state index contributed by atoms with van der Waals surface area (Å²) in [4.78, 5) is 22.4. The van der Waals surface area contributed by atoms with Crippen molar-refractivity contribution in [3.05, 3.63) is 45.9 Å². The normalized spacial score (nSPS) is 10.6. The van der Waals surface area contributed by atoms with Crippen molar-refractivity contribution in [1.82, 2.24) is 19.3 Å². The smallest absolute Gasteiger partial charge is 0.341 e. The van der Waals surface area contributed by atoms with E-state index < -0.39 is 11.4 Å². The third-order valence-electron chi connectivity index (χ3n) is 2.69. The van der Waals surface area contributed by atoms with E-state index >= 15 is 0 Å². The van der Waals surface area contributed by atoms with E-state index in [2.05, 4.69) is 10.2 Å². The number of carboxylic acids is 1. The summed E-state index contributed by atoms with van der Waals surface area (Å²) in [7, 11) is 1.80. The van der Waals surface area contributed by atoms with Crippen molar-refractivity contribution in [2.45, 2.75) is 13.5 Å². The van der Waals surface area contributed by atoms with Gasteiger partial charge in [-0.3, -0.25) is 4.79 Å². The quantitative estimate of drug-likeness (QED) is 0.827. The third-order valence-corrected chi connectivity index (χ3v) is 2.69. The number of nitrogens with zero attached hydrogens (tertiary/aromatic N) is 4. The summed E-state index contributed by atoms with van der Waals surface area (Å²) in [5, 5.41) is 16.6. The summed E-state index contributed by atoms with van der Waals surface area (Å²) in [6.07, 6.45) is 2.89. The molecule has 0 bridgehead atoms. The predicted octanol–water partition coefficient (Wildman–Crippen LogP) is 0.0317. The molecule has 0 atom stereocenters. The lowest BCUT2D eigenvalue weighted by Gasteiger charge is -2.10. The summed E-state index contributed by atoms with van der Waals surface area (Å²) < 4.78 is 3.40. The van der Waals surface area contributed by atoms with E-state index in [1.807, 2.05) is 0 Å². The van der Waals surface area contributed by atoms with E-state index in [1.54, 1.807) is 29.4 Å². The van der Waals surface area contributed by atoms with Crippen molar-refractivity contribution in [3.8, 4) is 0 Å². The van der Waals surface area contributed by atoms with Crippen molar-refractivity contribution >= 4 is 5.97 Å². The molecular formula is C11H12N4O3. The molecule has 0 saturated heterocycles. The van der Waals surface area contributed by atoms with Crippen molar-refractivity contribution < 1.29 is 9.90 Å². The second-order valence-electron chi connectivity index (χ2n) is 3.98. The summed E-state index contributed by atoms with van der Waals surface area (Å²) >= 11 is 0. The number of carboxylic acid groups (broad SMARTS) is 1. The molecule has 0 aliphatic rings. The highest BCUT2D eigenvalue weighted by molar-refractivity contribution is 5.87. The van der Waals surface area contributed by atoms with Crippen LogP contribution in [0.3, 0.4) is 0 Å². The molecular weight excluding hydrogens is 236 g/mol. The molecule has 0 unspecified atom stereocenters. The standard InChI is InChI=1S/C11H12N4O3/c1-7-3-9(16)8(11(17)18)4-15(7)5-10-13-12-6-14(10)2/h3-4,6H,5H2,1-2H3,(H,17,18). The van der Waals surface area contributed by atoms with Crippen LogP contribution in [0.4, 0.5) is 0 Å². The number of hydrogen-bond donors (Lipinski definition) is 1. The first-order valence-corrected chi connectivity index (χ1v) is 5.26. The molecule has 94 valence electrons. The third kappa shape index (κ3) is 2.15. The molecule has 0 amide bonds. The molecule has 18 heavy (non-hydrogen) atoms. The first-order chi connectivity index (χ1) is 8.49. The molecule has 1 N–H and O–H groups in total. The predicted molar refractivity (Wildman–Crippen MR) is 62.5 cm³/mol. The van der Waals surface area contributed by atoms with Crippen LogP contribution in [0.5, 0.6) is 0 Å². The minimum Gasteiger partial charge on any atom is -0.477 e. The van der Waals surface area contributed by atoms with Gasteiger partial charge in [0.25, 0.3) is 0 Å². The zero-order valence-electron chi connectivity index (χ0n) is 9.99. The van der Waals surface area contributed by atoms with Gasteiger partial charge in [-0.15, -0.1) is 10.2 Å². The molecule has 0 aromatic carbocycles. The average molecular weight is 248 g/mol. The van der Waals surface area contributed by atoms with Gasteiger partial charge in [0, 0.05) is 25.0 Å². The lowest BCUT2D eigenvalue weighted by Crippen LogP contribution is -2.20. The maximum Gasteiger partial charge on any atom is 0.341 e. The molecule has 0 aliphatic carbocycles. The summed E-state index contributed by atoms with van der Waals surface area (Å²) in [5.74, 6) is -0.551. The first-order valence-electron chi connectivity index (χ1n) is 5.26. The van der Waals surface area contributed by atoms with Crippen LogP contribution in [0, 0.1) is 6.92 Å². The van der Waals surface area contributed by atoms with Gasteiger partial charge in [-0.05, 0) is 6.92 Å². The highest BCUT2D eigenvalue weighted by Crippen LogP contribution is 2.03. The maximum atomic E-state index is 11.5. The van der Waals surface area contributed by atoms with Gasteiger partial charge in [0.2, 0.25) is 0 Å². The van der Waals surface area contributed by atoms with Crippen molar-refractivity contribution in [2.24, 2.45) is 7.05 Å². The Hall–Kier alpha value is -2.44. The fourth-order valence-corrected chi connectivity index (χ4v) is 1.61. The molecule has 7 heteroatoms. The SMILES string of the molecule is Cc1cc(=O)c(C(=O)O)cn1Cc1nncn1C. The van der Waals surface area contributed by atoms with E-state index in [1.165, 1.54) is 12.3 Å². The highest BCUT2D eigenvalue weighted by atomic mass is 16.4. The van der Waals surface area contributed by atoms with E-state index in [4.69, 9.17) is 5.11 Å². The molecule has 0 fully saturated rings. The lowest BCUT2D eigenvalue weighted by molar-refractivity contribution is 0.0694. The van der Waals surface area contributed by atoms with Gasteiger partial charge in [0.1, 0.15) is 11.9 Å². The number of aromatic carboxylic acids is 1. The van der Waals surface area contributed by atoms with Crippen molar-refractivity contribution in [1.29, 1.82) is 0 Å². The Labute approximate surface area is 102 Å². The minimum absolute atomic E-state index is 0.247. The van der Waals surface area contributed by atoms with Crippen LogP contribution in [0.2, 0.25) is 0 Å². The van der Waals surface area contributed by atoms with Crippen LogP contribution in [0.15, 0.2) is 23.4 Å². The average Bonchev–Trinajstić information content (AvgIpc) is 2.67. The van der Waals surface area contributed by atoms with Gasteiger partial charge in [-0.25, -0.2) is 4.79 Å². The van der Waals surface area contributed by atoms with Gasteiger partial charge in [0.05, 0.1) is 6.54 Å². The molecule has 0 spiro atoms. The molecule has 0 radical (unpaired) electrons. The fourth-order valence-electron chi connectivity index (χ4n) is 1.61. The number of rotatable bonds is 3. The van der Waals surface area contributed by atoms with E-state index in [0.717, 1.165) is 0 Å². The Morgan fingerprint density at radius 2 is 2.22 bits per heavy atom. The van der Waals surface area contributed by atoms with Crippen molar-refractivity contribution in [2.75, 3.05) is 0 Å². The van der Waals surface area contributed by atoms with E-state index in [9.17, 15) is 9.59 Å². The molecule has 2 aromatic rings. The summed E-state index contributed by atoms with van der Waals surface area (Å²) in [5.41, 5.74) is -0.0648. The minimum atomic E-state index is -1.23. The van der Waals surface area contributed by atoms with Crippen LogP contribution >= 0.6 is 0 Å². The molecule has 2 rings (SSSR count). The van der Waals surface area contributed by atoms with Crippen LogP contribution in [0.1, 0.15) is 21.9 Å². The van der Waals surface area contributed by atoms with Gasteiger partial charge < -0.3 is 14.2 Å². The molecule has 2 aromatic heterocycles. The number of hydrogen-bond acceptors (Lipinski definition) is 4. The molecule has 7 nitrogen and oxygen atoms in total. The second-order valence-corrected chi connectivity index (χ2v) is 3.98. The van der Waals surface area contributed by atoms with Crippen LogP contribution in [-0.4, -0.2) is 30.4 Å². The van der Waals surface area contributed by atoms with E-state index in [-0.39, 0.29) is 5.56 Å². The van der Waals surface area contributed by atoms with Gasteiger partial charge in [-0.2, -0.15) is 0 Å².